The van der Waals surface area contributed by atoms with Gasteiger partial charge in [0, 0.05) is 32.6 Å². The van der Waals surface area contributed by atoms with Crippen molar-refractivity contribution >= 4 is 35.5 Å². The highest BCUT2D eigenvalue weighted by Crippen LogP contribution is 2.25. The lowest BCUT2D eigenvalue weighted by atomic mass is 9.92. The molecule has 1 saturated heterocycles. The van der Waals surface area contributed by atoms with Crippen LogP contribution < -0.4 is 9.54 Å². The number of aromatic nitrogens is 2. The van der Waals surface area contributed by atoms with E-state index in [9.17, 15) is 0 Å². The van der Waals surface area contributed by atoms with E-state index in [1.165, 1.54) is 23.3 Å². The van der Waals surface area contributed by atoms with Gasteiger partial charge in [-0.25, -0.2) is 4.99 Å². The van der Waals surface area contributed by atoms with Gasteiger partial charge >= 0.3 is 0 Å². The SMILES string of the molecule is C/C=N\C(=N/C)N1CCC([C@H](C)Oc2nn(SC)c(=N)s2)CC1. The van der Waals surface area contributed by atoms with E-state index < -0.39 is 0 Å². The number of piperidine rings is 1. The summed E-state index contributed by atoms with van der Waals surface area (Å²) < 4.78 is 7.53. The van der Waals surface area contributed by atoms with Crippen molar-refractivity contribution in [3.05, 3.63) is 4.80 Å². The van der Waals surface area contributed by atoms with Gasteiger partial charge in [-0.3, -0.25) is 10.4 Å². The molecular weight excluding hydrogens is 332 g/mol. The number of nitrogens with zero attached hydrogens (tertiary/aromatic N) is 5. The second kappa shape index (κ2) is 8.49. The van der Waals surface area contributed by atoms with Crippen LogP contribution in [0.15, 0.2) is 9.98 Å². The number of nitrogens with one attached hydrogen (secondary N) is 1. The van der Waals surface area contributed by atoms with Crippen molar-refractivity contribution in [3.63, 3.8) is 0 Å². The van der Waals surface area contributed by atoms with E-state index in [-0.39, 0.29) is 6.10 Å². The van der Waals surface area contributed by atoms with Crippen molar-refractivity contribution in [2.75, 3.05) is 26.4 Å². The van der Waals surface area contributed by atoms with Crippen LogP contribution in [-0.2, 0) is 0 Å². The van der Waals surface area contributed by atoms with Crippen LogP contribution >= 0.6 is 23.3 Å². The summed E-state index contributed by atoms with van der Waals surface area (Å²) in [6.45, 7) is 5.88. The van der Waals surface area contributed by atoms with Gasteiger partial charge in [0.1, 0.15) is 6.10 Å². The molecule has 7 nitrogen and oxygen atoms in total. The molecule has 0 amide bonds. The smallest absolute Gasteiger partial charge is 0.295 e. The van der Waals surface area contributed by atoms with Gasteiger partial charge in [0.2, 0.25) is 10.8 Å². The maximum absolute atomic E-state index is 7.80. The van der Waals surface area contributed by atoms with Gasteiger partial charge in [0.25, 0.3) is 5.19 Å². The normalized spacial score (nSPS) is 18.6. The van der Waals surface area contributed by atoms with E-state index in [1.54, 1.807) is 17.3 Å². The molecule has 0 aliphatic carbocycles. The lowest BCUT2D eigenvalue weighted by molar-refractivity contribution is 0.107. The number of likely N-dealkylation sites (tertiary alicyclic amines) is 1. The summed E-state index contributed by atoms with van der Waals surface area (Å²) in [6.07, 6.45) is 5.85. The van der Waals surface area contributed by atoms with Crippen molar-refractivity contribution in [1.29, 1.82) is 5.41 Å². The summed E-state index contributed by atoms with van der Waals surface area (Å²) in [4.78, 5) is 11.2. The summed E-state index contributed by atoms with van der Waals surface area (Å²) in [5.74, 6) is 1.29. The van der Waals surface area contributed by atoms with Crippen LogP contribution in [0.5, 0.6) is 5.19 Å². The Balaban J connectivity index is 1.90. The molecule has 128 valence electrons. The van der Waals surface area contributed by atoms with Crippen LogP contribution in [0.3, 0.4) is 0 Å². The van der Waals surface area contributed by atoms with E-state index in [2.05, 4.69) is 26.9 Å². The maximum atomic E-state index is 7.80. The predicted octanol–water partition coefficient (Wildman–Crippen LogP) is 2.11. The minimum atomic E-state index is 0.0923. The van der Waals surface area contributed by atoms with Crippen LogP contribution in [-0.4, -0.2) is 58.8 Å². The van der Waals surface area contributed by atoms with E-state index in [1.807, 2.05) is 13.2 Å². The highest BCUT2D eigenvalue weighted by atomic mass is 32.2. The average Bonchev–Trinajstić information content (AvgIpc) is 2.92. The molecule has 1 N–H and O–H groups in total. The Morgan fingerprint density at radius 3 is 2.74 bits per heavy atom. The zero-order valence-electron chi connectivity index (χ0n) is 14.0. The lowest BCUT2D eigenvalue weighted by Crippen LogP contribution is -2.41. The second-order valence-electron chi connectivity index (χ2n) is 5.29. The second-order valence-corrected chi connectivity index (χ2v) is 6.94. The highest BCUT2D eigenvalue weighted by molar-refractivity contribution is 7.97. The molecule has 0 bridgehead atoms. The number of guanidine groups is 1. The van der Waals surface area contributed by atoms with Crippen LogP contribution in [0.1, 0.15) is 26.7 Å². The summed E-state index contributed by atoms with van der Waals surface area (Å²) in [6, 6.07) is 0. The maximum Gasteiger partial charge on any atom is 0.295 e. The largest absolute Gasteiger partial charge is 0.466 e. The van der Waals surface area contributed by atoms with Gasteiger partial charge < -0.3 is 9.64 Å². The summed E-state index contributed by atoms with van der Waals surface area (Å²) in [5, 5.41) is 12.7. The van der Waals surface area contributed by atoms with Crippen molar-refractivity contribution in [2.45, 2.75) is 32.8 Å². The number of hydrogen-bond acceptors (Lipinski definition) is 6. The fourth-order valence-corrected chi connectivity index (χ4v) is 3.97. The van der Waals surface area contributed by atoms with Crippen LogP contribution in [0.25, 0.3) is 0 Å². The van der Waals surface area contributed by atoms with Crippen LogP contribution in [0.4, 0.5) is 0 Å². The Bertz CT molecular complexity index is 615. The minimum absolute atomic E-state index is 0.0923. The van der Waals surface area contributed by atoms with Gasteiger partial charge in [-0.2, -0.15) is 4.09 Å². The number of aliphatic imine (C=N–C) groups is 2. The standard InChI is InChI=1S/C14H24N6OS2/c1-5-17-13(16-3)19-8-6-11(7-9-19)10(2)21-14-18-20(22-4)12(15)23-14/h5,10-11,15H,6-9H2,1-4H3/b15-12?,16-13+,17-5-/t10-/m0/s1. The molecule has 1 aliphatic heterocycles. The van der Waals surface area contributed by atoms with Gasteiger partial charge in [0.15, 0.2) is 0 Å². The predicted molar refractivity (Wildman–Crippen MR) is 96.8 cm³/mol. The van der Waals surface area contributed by atoms with Gasteiger partial charge in [-0.1, -0.05) is 0 Å². The number of rotatable bonds is 4. The van der Waals surface area contributed by atoms with Crippen molar-refractivity contribution in [3.8, 4) is 5.19 Å². The molecular formula is C14H24N6OS2. The third-order valence-electron chi connectivity index (χ3n) is 3.92. The first-order valence-electron chi connectivity index (χ1n) is 7.65. The average molecular weight is 357 g/mol. The monoisotopic (exact) mass is 356 g/mol. The number of ether oxygens (including phenoxy) is 1. The zero-order valence-corrected chi connectivity index (χ0v) is 15.7. The van der Waals surface area contributed by atoms with Crippen LogP contribution in [0, 0.1) is 11.3 Å². The Morgan fingerprint density at radius 1 is 1.52 bits per heavy atom. The fraction of sp³-hybridized carbons (Fsp3) is 0.714. The molecule has 1 aliphatic rings. The molecule has 0 radical (unpaired) electrons. The van der Waals surface area contributed by atoms with E-state index in [4.69, 9.17) is 10.1 Å². The summed E-state index contributed by atoms with van der Waals surface area (Å²) >= 11 is 2.68. The Kier molecular flexibility index (Phi) is 6.64. The Labute approximate surface area is 145 Å². The molecule has 9 heteroatoms. The van der Waals surface area contributed by atoms with Crippen molar-refractivity contribution < 1.29 is 4.74 Å². The van der Waals surface area contributed by atoms with Gasteiger partial charge in [-0.15, -0.1) is 5.10 Å². The van der Waals surface area contributed by atoms with E-state index >= 15 is 0 Å². The summed E-state index contributed by atoms with van der Waals surface area (Å²) in [5.41, 5.74) is 0. The minimum Gasteiger partial charge on any atom is -0.466 e. The Morgan fingerprint density at radius 2 is 2.22 bits per heavy atom. The van der Waals surface area contributed by atoms with Gasteiger partial charge in [-0.05, 0) is 55.9 Å². The molecule has 1 atom stereocenters. The molecule has 2 heterocycles. The van der Waals surface area contributed by atoms with E-state index in [0.717, 1.165) is 31.9 Å². The number of hydrogen-bond donors (Lipinski definition) is 1. The molecule has 1 fully saturated rings. The van der Waals surface area contributed by atoms with Crippen molar-refractivity contribution in [2.24, 2.45) is 15.9 Å². The first kappa shape index (κ1) is 18.0. The molecule has 1 aromatic rings. The topological polar surface area (TPSA) is 78.9 Å². The quantitative estimate of drug-likeness (QED) is 0.662. The first-order chi connectivity index (χ1) is 11.1. The van der Waals surface area contributed by atoms with E-state index in [0.29, 0.717) is 15.9 Å². The zero-order chi connectivity index (χ0) is 16.8. The molecule has 2 rings (SSSR count). The molecule has 0 aromatic carbocycles. The third kappa shape index (κ3) is 4.57. The first-order valence-corrected chi connectivity index (χ1v) is 9.65. The molecule has 23 heavy (non-hydrogen) atoms. The molecule has 0 spiro atoms. The molecule has 0 unspecified atom stereocenters. The third-order valence-corrected chi connectivity index (χ3v) is 5.37. The lowest BCUT2D eigenvalue weighted by Gasteiger charge is -2.34. The Hall–Kier alpha value is -1.35. The highest BCUT2D eigenvalue weighted by Gasteiger charge is 2.27. The molecule has 1 aromatic heterocycles. The molecule has 0 saturated carbocycles. The fourth-order valence-electron chi connectivity index (χ4n) is 2.65. The van der Waals surface area contributed by atoms with Crippen molar-refractivity contribution in [1.82, 2.24) is 14.1 Å². The van der Waals surface area contributed by atoms with Crippen LogP contribution in [0.2, 0.25) is 0 Å². The van der Waals surface area contributed by atoms with Gasteiger partial charge in [0.05, 0.1) is 0 Å². The summed E-state index contributed by atoms with van der Waals surface area (Å²) in [7, 11) is 1.78.